The molecule has 3 heteroatoms. The van der Waals surface area contributed by atoms with Gasteiger partial charge in [0.25, 0.3) is 0 Å². The molecule has 0 aromatic carbocycles. The van der Waals surface area contributed by atoms with Crippen LogP contribution in [0.2, 0.25) is 0 Å². The fourth-order valence-corrected chi connectivity index (χ4v) is 1.42. The summed E-state index contributed by atoms with van der Waals surface area (Å²) in [6, 6.07) is 0. The van der Waals surface area contributed by atoms with E-state index in [9.17, 15) is 4.79 Å². The van der Waals surface area contributed by atoms with E-state index >= 15 is 0 Å². The summed E-state index contributed by atoms with van der Waals surface area (Å²) in [7, 11) is 0. The van der Waals surface area contributed by atoms with E-state index in [4.69, 9.17) is 5.11 Å². The van der Waals surface area contributed by atoms with Gasteiger partial charge in [0.15, 0.2) is 0 Å². The van der Waals surface area contributed by atoms with Crippen LogP contribution in [0.25, 0.3) is 0 Å². The van der Waals surface area contributed by atoms with E-state index in [0.29, 0.717) is 6.54 Å². The second-order valence-corrected chi connectivity index (χ2v) is 3.36. The lowest BCUT2D eigenvalue weighted by molar-refractivity contribution is -0.124. The van der Waals surface area contributed by atoms with Crippen molar-refractivity contribution in [3.8, 4) is 0 Å². The minimum atomic E-state index is 0.155. The molecule has 0 spiro atoms. The zero-order chi connectivity index (χ0) is 9.52. The molecular formula is C10H17NO2. The summed E-state index contributed by atoms with van der Waals surface area (Å²) in [5.41, 5.74) is 0. The van der Waals surface area contributed by atoms with Gasteiger partial charge in [-0.05, 0) is 25.7 Å². The number of amides is 1. The zero-order valence-corrected chi connectivity index (χ0v) is 7.83. The Morgan fingerprint density at radius 2 is 2.08 bits per heavy atom. The molecule has 74 valence electrons. The summed E-state index contributed by atoms with van der Waals surface area (Å²) in [4.78, 5) is 11.4. The van der Waals surface area contributed by atoms with E-state index < -0.39 is 0 Å². The molecule has 0 atom stereocenters. The van der Waals surface area contributed by atoms with Crippen molar-refractivity contribution in [3.05, 3.63) is 12.2 Å². The summed E-state index contributed by atoms with van der Waals surface area (Å²) in [5.74, 6) is 0.317. The quantitative estimate of drug-likeness (QED) is 0.490. The highest BCUT2D eigenvalue weighted by molar-refractivity contribution is 5.79. The molecule has 1 rings (SSSR count). The molecule has 2 N–H and O–H groups in total. The average molecular weight is 183 g/mol. The smallest absolute Gasteiger partial charge is 0.223 e. The van der Waals surface area contributed by atoms with E-state index in [1.165, 1.54) is 0 Å². The summed E-state index contributed by atoms with van der Waals surface area (Å²) < 4.78 is 0. The van der Waals surface area contributed by atoms with Gasteiger partial charge in [0, 0.05) is 19.1 Å². The lowest BCUT2D eigenvalue weighted by Crippen LogP contribution is -2.30. The van der Waals surface area contributed by atoms with Gasteiger partial charge in [0.05, 0.1) is 0 Å². The maximum Gasteiger partial charge on any atom is 0.223 e. The first-order valence-corrected chi connectivity index (χ1v) is 4.88. The Balaban J connectivity index is 2.04. The van der Waals surface area contributed by atoms with Gasteiger partial charge in [-0.25, -0.2) is 0 Å². The Morgan fingerprint density at radius 1 is 1.38 bits per heavy atom. The molecule has 0 unspecified atom stereocenters. The molecule has 0 fully saturated rings. The molecule has 3 nitrogen and oxygen atoms in total. The van der Waals surface area contributed by atoms with Gasteiger partial charge in [-0.3, -0.25) is 4.79 Å². The monoisotopic (exact) mass is 183 g/mol. The van der Waals surface area contributed by atoms with E-state index in [1.54, 1.807) is 0 Å². The number of carbonyl (C=O) groups is 1. The highest BCUT2D eigenvalue weighted by Crippen LogP contribution is 2.17. The number of rotatable bonds is 5. The average Bonchev–Trinajstić information content (AvgIpc) is 2.65. The van der Waals surface area contributed by atoms with Gasteiger partial charge in [0.1, 0.15) is 0 Å². The number of aliphatic hydroxyl groups excluding tert-OH is 1. The van der Waals surface area contributed by atoms with Crippen molar-refractivity contribution in [3.63, 3.8) is 0 Å². The number of aliphatic hydroxyl groups is 1. The summed E-state index contributed by atoms with van der Waals surface area (Å²) in [6.07, 6.45) is 7.50. The van der Waals surface area contributed by atoms with Gasteiger partial charge in [-0.1, -0.05) is 12.2 Å². The fourth-order valence-electron chi connectivity index (χ4n) is 1.42. The molecule has 13 heavy (non-hydrogen) atoms. The Labute approximate surface area is 78.8 Å². The molecule has 0 aromatic heterocycles. The number of nitrogens with one attached hydrogen (secondary N) is 1. The molecule has 1 amide bonds. The minimum Gasteiger partial charge on any atom is -0.396 e. The van der Waals surface area contributed by atoms with Crippen LogP contribution >= 0.6 is 0 Å². The van der Waals surface area contributed by atoms with Crippen molar-refractivity contribution in [2.45, 2.75) is 25.7 Å². The molecule has 0 radical (unpaired) electrons. The van der Waals surface area contributed by atoms with Crippen LogP contribution < -0.4 is 5.32 Å². The highest BCUT2D eigenvalue weighted by Gasteiger charge is 2.17. The maximum absolute atomic E-state index is 11.4. The van der Waals surface area contributed by atoms with Crippen LogP contribution in [0.15, 0.2) is 12.2 Å². The van der Waals surface area contributed by atoms with E-state index in [-0.39, 0.29) is 18.4 Å². The number of unbranched alkanes of at least 4 members (excludes halogenated alkanes) is 1. The van der Waals surface area contributed by atoms with Crippen LogP contribution in [0.4, 0.5) is 0 Å². The molecular weight excluding hydrogens is 166 g/mol. The Hall–Kier alpha value is -0.830. The van der Waals surface area contributed by atoms with Crippen molar-refractivity contribution in [2.24, 2.45) is 5.92 Å². The highest BCUT2D eigenvalue weighted by atomic mass is 16.2. The number of allylic oxidation sites excluding steroid dienone is 2. The largest absolute Gasteiger partial charge is 0.396 e. The van der Waals surface area contributed by atoms with Gasteiger partial charge < -0.3 is 10.4 Å². The van der Waals surface area contributed by atoms with Crippen molar-refractivity contribution in [1.82, 2.24) is 5.32 Å². The predicted molar refractivity (Wildman–Crippen MR) is 51.2 cm³/mol. The fraction of sp³-hybridized carbons (Fsp3) is 0.700. The van der Waals surface area contributed by atoms with Crippen LogP contribution in [0.1, 0.15) is 25.7 Å². The van der Waals surface area contributed by atoms with Crippen LogP contribution in [0.5, 0.6) is 0 Å². The van der Waals surface area contributed by atoms with Gasteiger partial charge in [-0.2, -0.15) is 0 Å². The first-order valence-electron chi connectivity index (χ1n) is 4.88. The van der Waals surface area contributed by atoms with E-state index in [0.717, 1.165) is 25.7 Å². The second-order valence-electron chi connectivity index (χ2n) is 3.36. The van der Waals surface area contributed by atoms with Gasteiger partial charge in [0.2, 0.25) is 5.91 Å². The Bertz CT molecular complexity index is 181. The molecule has 0 heterocycles. The SMILES string of the molecule is O=C(NCCCCO)C1CC=CC1. The Morgan fingerprint density at radius 3 is 2.69 bits per heavy atom. The second kappa shape index (κ2) is 5.75. The summed E-state index contributed by atoms with van der Waals surface area (Å²) in [6.45, 7) is 0.900. The number of hydrogen-bond acceptors (Lipinski definition) is 2. The summed E-state index contributed by atoms with van der Waals surface area (Å²) in [5, 5.41) is 11.4. The normalized spacial score (nSPS) is 16.4. The third-order valence-corrected chi connectivity index (χ3v) is 2.26. The van der Waals surface area contributed by atoms with Crippen molar-refractivity contribution < 1.29 is 9.90 Å². The predicted octanol–water partition coefficient (Wildman–Crippen LogP) is 0.841. The molecule has 0 saturated heterocycles. The lowest BCUT2D eigenvalue weighted by Gasteiger charge is -2.09. The maximum atomic E-state index is 11.4. The van der Waals surface area contributed by atoms with Crippen molar-refractivity contribution in [1.29, 1.82) is 0 Å². The third-order valence-electron chi connectivity index (χ3n) is 2.26. The van der Waals surface area contributed by atoms with Crippen LogP contribution in [0, 0.1) is 5.92 Å². The van der Waals surface area contributed by atoms with Gasteiger partial charge in [-0.15, -0.1) is 0 Å². The summed E-state index contributed by atoms with van der Waals surface area (Å²) >= 11 is 0. The van der Waals surface area contributed by atoms with Crippen LogP contribution in [-0.4, -0.2) is 24.2 Å². The molecule has 0 bridgehead atoms. The molecule has 0 aliphatic heterocycles. The number of hydrogen-bond donors (Lipinski definition) is 2. The van der Waals surface area contributed by atoms with Crippen LogP contribution in [0.3, 0.4) is 0 Å². The van der Waals surface area contributed by atoms with Crippen LogP contribution in [-0.2, 0) is 4.79 Å². The molecule has 1 aliphatic rings. The zero-order valence-electron chi connectivity index (χ0n) is 7.83. The van der Waals surface area contributed by atoms with Gasteiger partial charge >= 0.3 is 0 Å². The Kier molecular flexibility index (Phi) is 4.54. The molecule has 0 saturated carbocycles. The first kappa shape index (κ1) is 10.3. The first-order chi connectivity index (χ1) is 6.34. The van der Waals surface area contributed by atoms with E-state index in [2.05, 4.69) is 17.5 Å². The third kappa shape index (κ3) is 3.59. The lowest BCUT2D eigenvalue weighted by atomic mass is 10.1. The standard InChI is InChI=1S/C10H17NO2/c12-8-4-3-7-11-10(13)9-5-1-2-6-9/h1-2,9,12H,3-8H2,(H,11,13). The number of carbonyl (C=O) groups excluding carboxylic acids is 1. The topological polar surface area (TPSA) is 49.3 Å². The molecule has 0 aromatic rings. The van der Waals surface area contributed by atoms with Crippen molar-refractivity contribution >= 4 is 5.91 Å². The van der Waals surface area contributed by atoms with E-state index in [1.807, 2.05) is 0 Å². The molecule has 1 aliphatic carbocycles. The van der Waals surface area contributed by atoms with Crippen molar-refractivity contribution in [2.75, 3.05) is 13.2 Å². The minimum absolute atomic E-state index is 0.155.